The first kappa shape index (κ1) is 31.1. The number of furan rings is 1. The van der Waals surface area contributed by atoms with E-state index in [1.54, 1.807) is 18.2 Å². The number of hydrogen-bond acceptors (Lipinski definition) is 3. The Morgan fingerprint density at radius 3 is 2.31 bits per heavy atom. The molecular weight excluding hydrogens is 788 g/mol. The fraction of sp³-hybridized carbons (Fsp3) is 0.190. The minimum Gasteiger partial charge on any atom is -0.500 e. The molecule has 4 aromatic carbocycles. The third kappa shape index (κ3) is 7.73. The molecule has 0 aliphatic heterocycles. The van der Waals surface area contributed by atoms with E-state index < -0.39 is 14.9 Å². The molecule has 0 aliphatic carbocycles. The van der Waals surface area contributed by atoms with Crippen LogP contribution in [-0.2, 0) is 26.5 Å². The molecule has 3 aromatic heterocycles. The van der Waals surface area contributed by atoms with Gasteiger partial charge in [0, 0.05) is 48.1 Å². The van der Waals surface area contributed by atoms with Crippen molar-refractivity contribution < 1.29 is 33.0 Å². The van der Waals surface area contributed by atoms with Crippen LogP contribution in [0.15, 0.2) is 114 Å². The average molecular weight is 830 g/mol. The molecule has 0 saturated carbocycles. The molecule has 48 heavy (non-hydrogen) atoms. The van der Waals surface area contributed by atoms with Crippen molar-refractivity contribution in [1.29, 1.82) is 0 Å². The number of fused-ring (bicyclic) bond motifs is 3. The van der Waals surface area contributed by atoms with Crippen molar-refractivity contribution in [1.82, 2.24) is 9.97 Å². The minimum absolute atomic E-state index is 0. The summed E-state index contributed by atoms with van der Waals surface area (Å²) in [5.74, 6) is 0.290. The van der Waals surface area contributed by atoms with Gasteiger partial charge in [-0.05, 0) is 64.6 Å². The summed E-state index contributed by atoms with van der Waals surface area (Å²) < 4.78 is 43.3. The molecule has 0 saturated heterocycles. The number of nitrogens with zero attached hydrogens (tertiary/aromatic N) is 2. The van der Waals surface area contributed by atoms with E-state index in [1.807, 2.05) is 54.6 Å². The number of aryl methyl sites for hydroxylation is 1. The van der Waals surface area contributed by atoms with Crippen LogP contribution >= 0.6 is 0 Å². The minimum atomic E-state index is -2.30. The van der Waals surface area contributed by atoms with Crippen molar-refractivity contribution in [3.8, 4) is 33.6 Å². The monoisotopic (exact) mass is 830 g/mol. The summed E-state index contributed by atoms with van der Waals surface area (Å²) in [6, 6.07) is 35.9. The van der Waals surface area contributed by atoms with Crippen LogP contribution in [0.1, 0.15) is 29.1 Å². The van der Waals surface area contributed by atoms with E-state index in [2.05, 4.69) is 73.9 Å². The smallest absolute Gasteiger partial charge is 0.126 e. The Hall–Kier alpha value is -4.22. The second-order valence-electron chi connectivity index (χ2n) is 13.2. The molecule has 3 nitrogen and oxygen atoms in total. The molecule has 0 spiro atoms. The molecule has 3 heterocycles. The number of halogens is 1. The number of pyridine rings is 2. The van der Waals surface area contributed by atoms with E-state index in [9.17, 15) is 4.39 Å². The summed E-state index contributed by atoms with van der Waals surface area (Å²) >= 11 is 0. The van der Waals surface area contributed by atoms with Crippen LogP contribution in [0.3, 0.4) is 0 Å². The van der Waals surface area contributed by atoms with Crippen molar-refractivity contribution in [3.63, 3.8) is 0 Å². The van der Waals surface area contributed by atoms with E-state index in [4.69, 9.17) is 8.53 Å². The SMILES string of the molecule is CC(C)Cc1cc(-c2[c-]cccc2)ncc1[Si](C)(C)C.[2H]C([2H])([2H])c1cnc(-c2[c-]ccc3c2oc2cc(F)ccc23)cc1-c1ccccc1.[Ir]. The fourth-order valence-electron chi connectivity index (χ4n) is 5.84. The predicted octanol–water partition coefficient (Wildman–Crippen LogP) is 10.9. The molecule has 0 atom stereocenters. The van der Waals surface area contributed by atoms with Gasteiger partial charge in [0.2, 0.25) is 0 Å². The van der Waals surface area contributed by atoms with Gasteiger partial charge < -0.3 is 14.4 Å². The Morgan fingerprint density at radius 1 is 0.833 bits per heavy atom. The van der Waals surface area contributed by atoms with Crippen LogP contribution in [0.2, 0.25) is 19.6 Å². The van der Waals surface area contributed by atoms with E-state index in [-0.39, 0.29) is 31.5 Å². The van der Waals surface area contributed by atoms with Crippen molar-refractivity contribution in [3.05, 3.63) is 139 Å². The molecule has 0 unspecified atom stereocenters. The van der Waals surface area contributed by atoms with E-state index >= 15 is 0 Å². The zero-order valence-corrected chi connectivity index (χ0v) is 31.1. The van der Waals surface area contributed by atoms with Crippen molar-refractivity contribution in [2.24, 2.45) is 5.92 Å². The second-order valence-corrected chi connectivity index (χ2v) is 18.2. The molecular formula is C42H39FIrN2OSi-2. The summed E-state index contributed by atoms with van der Waals surface area (Å²) in [5, 5.41) is 3.11. The quantitative estimate of drug-likeness (QED) is 0.124. The van der Waals surface area contributed by atoms with Gasteiger partial charge >= 0.3 is 0 Å². The van der Waals surface area contributed by atoms with Crippen LogP contribution in [0.4, 0.5) is 4.39 Å². The van der Waals surface area contributed by atoms with Crippen molar-refractivity contribution in [2.45, 2.75) is 46.8 Å². The van der Waals surface area contributed by atoms with Gasteiger partial charge in [-0.1, -0.05) is 92.5 Å². The molecule has 7 rings (SSSR count). The summed E-state index contributed by atoms with van der Waals surface area (Å²) in [6.45, 7) is 9.43. The van der Waals surface area contributed by atoms with E-state index in [0.717, 1.165) is 34.0 Å². The maximum atomic E-state index is 13.7. The molecule has 6 heteroatoms. The Bertz CT molecular complexity index is 2270. The van der Waals surface area contributed by atoms with Crippen LogP contribution in [0.25, 0.3) is 55.6 Å². The topological polar surface area (TPSA) is 38.9 Å². The van der Waals surface area contributed by atoms with Gasteiger partial charge in [-0.3, -0.25) is 0 Å². The van der Waals surface area contributed by atoms with Gasteiger partial charge in [0.1, 0.15) is 11.4 Å². The number of hydrogen-bond donors (Lipinski definition) is 0. The van der Waals surface area contributed by atoms with Crippen LogP contribution in [0, 0.1) is 30.7 Å². The Balaban J connectivity index is 0.000000211. The zero-order valence-electron chi connectivity index (χ0n) is 30.7. The number of rotatable bonds is 6. The van der Waals surface area contributed by atoms with E-state index in [0.29, 0.717) is 33.9 Å². The Morgan fingerprint density at radius 2 is 1.60 bits per heavy atom. The summed E-state index contributed by atoms with van der Waals surface area (Å²) in [5.41, 5.74) is 7.24. The van der Waals surface area contributed by atoms with Crippen LogP contribution in [-0.4, -0.2) is 18.0 Å². The van der Waals surface area contributed by atoms with Gasteiger partial charge in [0.15, 0.2) is 0 Å². The average Bonchev–Trinajstić information content (AvgIpc) is 3.45. The van der Waals surface area contributed by atoms with Gasteiger partial charge in [-0.15, -0.1) is 54.1 Å². The normalized spacial score (nSPS) is 12.5. The first-order chi connectivity index (χ1) is 23.8. The Kier molecular flexibility index (Phi) is 9.65. The molecule has 0 amide bonds. The largest absolute Gasteiger partial charge is 0.500 e. The van der Waals surface area contributed by atoms with Crippen molar-refractivity contribution in [2.75, 3.05) is 0 Å². The van der Waals surface area contributed by atoms with Gasteiger partial charge in [0.05, 0.1) is 13.7 Å². The van der Waals surface area contributed by atoms with Crippen LogP contribution in [0.5, 0.6) is 0 Å². The third-order valence-electron chi connectivity index (χ3n) is 8.05. The third-order valence-corrected chi connectivity index (χ3v) is 10.1. The first-order valence-electron chi connectivity index (χ1n) is 17.3. The molecule has 1 radical (unpaired) electrons. The molecule has 0 N–H and O–H groups in total. The maximum Gasteiger partial charge on any atom is 0.126 e. The summed E-state index contributed by atoms with van der Waals surface area (Å²) in [4.78, 5) is 9.10. The number of aromatic nitrogens is 2. The zero-order chi connectivity index (χ0) is 35.6. The predicted molar refractivity (Wildman–Crippen MR) is 196 cm³/mol. The maximum absolute atomic E-state index is 13.7. The molecule has 0 fully saturated rings. The molecule has 7 aromatic rings. The standard InChI is InChI=1S/C24H15FNO.C18H24NSi.Ir/c1-15-14-26-22(13-21(15)16-6-3-2-4-7-16)20-9-5-8-19-18-11-10-17(25)12-23(18)27-24(19)20;1-14(2)11-16-12-17(15-9-7-6-8-10-15)19-13-18(16)20(3,4)5;/h2-8,10-14H,1H3;6-9,12-14H,11H2,1-5H3;/q2*-1;/i1D3;;. The molecule has 0 bridgehead atoms. The summed E-state index contributed by atoms with van der Waals surface area (Å²) in [7, 11) is -1.34. The molecule has 245 valence electrons. The number of benzene rings is 4. The van der Waals surface area contributed by atoms with Gasteiger partial charge in [-0.25, -0.2) is 4.39 Å². The fourth-order valence-corrected chi connectivity index (χ4v) is 7.42. The van der Waals surface area contributed by atoms with Crippen molar-refractivity contribution >= 4 is 35.2 Å². The Labute approximate surface area is 301 Å². The second kappa shape index (κ2) is 14.9. The first-order valence-corrected chi connectivity index (χ1v) is 19.3. The van der Waals surface area contributed by atoms with Gasteiger partial charge in [-0.2, -0.15) is 0 Å². The van der Waals surface area contributed by atoms with Crippen LogP contribution < -0.4 is 5.19 Å². The van der Waals surface area contributed by atoms with Gasteiger partial charge in [0.25, 0.3) is 0 Å². The summed E-state index contributed by atoms with van der Waals surface area (Å²) in [6.07, 6.45) is 4.63. The van der Waals surface area contributed by atoms with E-state index in [1.165, 1.54) is 29.1 Å². The molecule has 0 aliphatic rings.